The summed E-state index contributed by atoms with van der Waals surface area (Å²) in [7, 11) is 0. The summed E-state index contributed by atoms with van der Waals surface area (Å²) >= 11 is 0. The van der Waals surface area contributed by atoms with Crippen molar-refractivity contribution in [3.05, 3.63) is 71.0 Å². The van der Waals surface area contributed by atoms with Gasteiger partial charge in [0.1, 0.15) is 5.82 Å². The summed E-state index contributed by atoms with van der Waals surface area (Å²) in [4.78, 5) is 35.0. The van der Waals surface area contributed by atoms with Gasteiger partial charge in [-0.15, -0.1) is 0 Å². The highest BCUT2D eigenvalue weighted by Crippen LogP contribution is 2.08. The Labute approximate surface area is 150 Å². The molecule has 0 spiro atoms. The first-order chi connectivity index (χ1) is 12.4. The summed E-state index contributed by atoms with van der Waals surface area (Å²) in [5.74, 6) is -2.03. The molecule has 2 aromatic rings. The summed E-state index contributed by atoms with van der Waals surface area (Å²) in [5.41, 5.74) is 6.49. The van der Waals surface area contributed by atoms with Gasteiger partial charge in [0.05, 0.1) is 5.56 Å². The standard InChI is InChI=1S/C19H19FN2O4/c1-12(18(24)22-11-10-13-2-8-16(20)9-3-13)26-19(25)15-6-4-14(5-7-15)17(21)23/h2-9,12H,10-11H2,1H3,(H2,21,23)(H,22,24). The van der Waals surface area contributed by atoms with E-state index in [2.05, 4.69) is 5.32 Å². The second kappa shape index (κ2) is 8.75. The fourth-order valence-corrected chi connectivity index (χ4v) is 2.18. The predicted molar refractivity (Wildman–Crippen MR) is 93.0 cm³/mol. The highest BCUT2D eigenvalue weighted by Gasteiger charge is 2.18. The number of halogens is 1. The van der Waals surface area contributed by atoms with Crippen LogP contribution < -0.4 is 11.1 Å². The summed E-state index contributed by atoms with van der Waals surface area (Å²) in [6.45, 7) is 1.79. The van der Waals surface area contributed by atoms with E-state index in [1.54, 1.807) is 12.1 Å². The van der Waals surface area contributed by atoms with E-state index in [1.165, 1.54) is 43.3 Å². The Hall–Kier alpha value is -3.22. The van der Waals surface area contributed by atoms with Crippen LogP contribution in [0.2, 0.25) is 0 Å². The summed E-state index contributed by atoms with van der Waals surface area (Å²) in [5, 5.41) is 2.66. The number of nitrogens with two attached hydrogens (primary N) is 1. The lowest BCUT2D eigenvalue weighted by Crippen LogP contribution is -2.36. The lowest BCUT2D eigenvalue weighted by molar-refractivity contribution is -0.129. The Balaban J connectivity index is 1.81. The molecule has 0 aromatic heterocycles. The van der Waals surface area contributed by atoms with Crippen LogP contribution in [-0.4, -0.2) is 30.4 Å². The second-order valence-electron chi connectivity index (χ2n) is 5.66. The van der Waals surface area contributed by atoms with Crippen molar-refractivity contribution in [3.63, 3.8) is 0 Å². The number of benzene rings is 2. The quantitative estimate of drug-likeness (QED) is 0.738. The van der Waals surface area contributed by atoms with E-state index in [0.29, 0.717) is 13.0 Å². The molecule has 0 heterocycles. The third-order valence-corrected chi connectivity index (χ3v) is 3.68. The molecule has 1 unspecified atom stereocenters. The van der Waals surface area contributed by atoms with Crippen LogP contribution in [0, 0.1) is 5.82 Å². The number of nitrogens with one attached hydrogen (secondary N) is 1. The van der Waals surface area contributed by atoms with Crippen LogP contribution in [-0.2, 0) is 16.0 Å². The molecular formula is C19H19FN2O4. The maximum Gasteiger partial charge on any atom is 0.338 e. The molecule has 3 N–H and O–H groups in total. The average molecular weight is 358 g/mol. The Morgan fingerprint density at radius 3 is 2.19 bits per heavy atom. The van der Waals surface area contributed by atoms with Crippen molar-refractivity contribution in [2.75, 3.05) is 6.54 Å². The molecule has 2 rings (SSSR count). The molecular weight excluding hydrogens is 339 g/mol. The summed E-state index contributed by atoms with van der Waals surface area (Å²) in [6.07, 6.45) is -0.451. The zero-order valence-corrected chi connectivity index (χ0v) is 14.2. The van der Waals surface area contributed by atoms with Crippen molar-refractivity contribution >= 4 is 17.8 Å². The van der Waals surface area contributed by atoms with E-state index in [0.717, 1.165) is 5.56 Å². The molecule has 2 aromatic carbocycles. The van der Waals surface area contributed by atoms with Gasteiger partial charge in [0, 0.05) is 12.1 Å². The molecule has 0 radical (unpaired) electrons. The van der Waals surface area contributed by atoms with Gasteiger partial charge in [-0.1, -0.05) is 12.1 Å². The maximum absolute atomic E-state index is 12.8. The molecule has 0 bridgehead atoms. The summed E-state index contributed by atoms with van der Waals surface area (Å²) in [6, 6.07) is 11.6. The normalized spacial score (nSPS) is 11.5. The lowest BCUT2D eigenvalue weighted by Gasteiger charge is -2.13. The van der Waals surface area contributed by atoms with Gasteiger partial charge in [-0.3, -0.25) is 9.59 Å². The van der Waals surface area contributed by atoms with Crippen molar-refractivity contribution < 1.29 is 23.5 Å². The lowest BCUT2D eigenvalue weighted by atomic mass is 10.1. The van der Waals surface area contributed by atoms with E-state index < -0.39 is 23.9 Å². The monoisotopic (exact) mass is 358 g/mol. The third-order valence-electron chi connectivity index (χ3n) is 3.68. The molecule has 0 aliphatic carbocycles. The van der Waals surface area contributed by atoms with Crippen molar-refractivity contribution in [2.24, 2.45) is 5.73 Å². The van der Waals surface area contributed by atoms with Gasteiger partial charge in [-0.05, 0) is 55.3 Å². The molecule has 7 heteroatoms. The molecule has 1 atom stereocenters. The largest absolute Gasteiger partial charge is 0.449 e. The Bertz CT molecular complexity index is 788. The van der Waals surface area contributed by atoms with Crippen molar-refractivity contribution in [2.45, 2.75) is 19.4 Å². The fraction of sp³-hybridized carbons (Fsp3) is 0.211. The van der Waals surface area contributed by atoms with E-state index in [9.17, 15) is 18.8 Å². The fourth-order valence-electron chi connectivity index (χ4n) is 2.18. The van der Waals surface area contributed by atoms with Crippen LogP contribution in [0.5, 0.6) is 0 Å². The van der Waals surface area contributed by atoms with Crippen LogP contribution in [0.15, 0.2) is 48.5 Å². The Kier molecular flexibility index (Phi) is 6.43. The van der Waals surface area contributed by atoms with Gasteiger partial charge in [0.2, 0.25) is 5.91 Å². The molecule has 26 heavy (non-hydrogen) atoms. The highest BCUT2D eigenvalue weighted by molar-refractivity contribution is 5.96. The van der Waals surface area contributed by atoms with E-state index >= 15 is 0 Å². The molecule has 136 valence electrons. The van der Waals surface area contributed by atoms with Gasteiger partial charge in [0.15, 0.2) is 6.10 Å². The van der Waals surface area contributed by atoms with Crippen LogP contribution in [0.25, 0.3) is 0 Å². The zero-order chi connectivity index (χ0) is 19.1. The molecule has 2 amide bonds. The molecule has 6 nitrogen and oxygen atoms in total. The van der Waals surface area contributed by atoms with Gasteiger partial charge in [-0.2, -0.15) is 0 Å². The van der Waals surface area contributed by atoms with Crippen LogP contribution in [0.1, 0.15) is 33.2 Å². The number of primary amides is 1. The molecule has 0 saturated carbocycles. The predicted octanol–water partition coefficient (Wildman–Crippen LogP) is 1.83. The van der Waals surface area contributed by atoms with E-state index in [-0.39, 0.29) is 16.9 Å². The minimum Gasteiger partial charge on any atom is -0.449 e. The SMILES string of the molecule is CC(OC(=O)c1ccc(C(N)=O)cc1)C(=O)NCCc1ccc(F)cc1. The molecule has 0 saturated heterocycles. The van der Waals surface area contributed by atoms with Crippen molar-refractivity contribution in [1.82, 2.24) is 5.32 Å². The van der Waals surface area contributed by atoms with Crippen molar-refractivity contribution in [1.29, 1.82) is 0 Å². The van der Waals surface area contributed by atoms with Gasteiger partial charge >= 0.3 is 5.97 Å². The Morgan fingerprint density at radius 1 is 1.04 bits per heavy atom. The number of esters is 1. The Morgan fingerprint density at radius 2 is 1.62 bits per heavy atom. The first-order valence-corrected chi connectivity index (χ1v) is 8.00. The topological polar surface area (TPSA) is 98.5 Å². The zero-order valence-electron chi connectivity index (χ0n) is 14.2. The third kappa shape index (κ3) is 5.41. The first-order valence-electron chi connectivity index (χ1n) is 8.00. The number of hydrogen-bond donors (Lipinski definition) is 2. The first kappa shape index (κ1) is 19.1. The number of carbonyl (C=O) groups is 3. The van der Waals surface area contributed by atoms with Crippen LogP contribution in [0.3, 0.4) is 0 Å². The number of amides is 2. The summed E-state index contributed by atoms with van der Waals surface area (Å²) < 4.78 is 17.9. The van der Waals surface area contributed by atoms with E-state index in [1.807, 2.05) is 0 Å². The maximum atomic E-state index is 12.8. The minimum atomic E-state index is -0.980. The molecule has 0 aliphatic heterocycles. The second-order valence-corrected chi connectivity index (χ2v) is 5.66. The van der Waals surface area contributed by atoms with Crippen molar-refractivity contribution in [3.8, 4) is 0 Å². The van der Waals surface area contributed by atoms with E-state index in [4.69, 9.17) is 10.5 Å². The molecule has 0 aliphatic rings. The van der Waals surface area contributed by atoms with Gasteiger partial charge in [0.25, 0.3) is 5.91 Å². The van der Waals surface area contributed by atoms with Gasteiger partial charge in [-0.25, -0.2) is 9.18 Å². The van der Waals surface area contributed by atoms with Crippen LogP contribution in [0.4, 0.5) is 4.39 Å². The van der Waals surface area contributed by atoms with Gasteiger partial charge < -0.3 is 15.8 Å². The van der Waals surface area contributed by atoms with Crippen LogP contribution >= 0.6 is 0 Å². The number of carbonyl (C=O) groups excluding carboxylic acids is 3. The minimum absolute atomic E-state index is 0.209. The highest BCUT2D eigenvalue weighted by atomic mass is 19.1. The average Bonchev–Trinajstić information content (AvgIpc) is 2.63. The number of rotatable bonds is 7. The smallest absolute Gasteiger partial charge is 0.338 e. The number of hydrogen-bond acceptors (Lipinski definition) is 4. The molecule has 0 fully saturated rings. The number of ether oxygens (including phenoxy) is 1.